The first-order valence-electron chi connectivity index (χ1n) is 10.8. The number of benzene rings is 2. The number of piperazine rings is 1. The van der Waals surface area contributed by atoms with E-state index < -0.39 is 0 Å². The smallest absolute Gasteiger partial charge is 0.274 e. The largest absolute Gasteiger partial charge is 0.335 e. The SMILES string of the molecule is CCc1ccc2ccccc2c1-n1cnc(C(=O)N2CCN(C3CCC3)CC2)c1. The van der Waals surface area contributed by atoms with E-state index >= 15 is 0 Å². The summed E-state index contributed by atoms with van der Waals surface area (Å²) in [4.78, 5) is 22.1. The Kier molecular flexibility index (Phi) is 4.84. The van der Waals surface area contributed by atoms with Gasteiger partial charge in [0.2, 0.25) is 0 Å². The summed E-state index contributed by atoms with van der Waals surface area (Å²) in [5.41, 5.74) is 2.93. The first-order chi connectivity index (χ1) is 14.2. The molecule has 1 saturated heterocycles. The van der Waals surface area contributed by atoms with Crippen LogP contribution >= 0.6 is 0 Å². The molecule has 1 aromatic heterocycles. The average molecular weight is 389 g/mol. The van der Waals surface area contributed by atoms with Gasteiger partial charge in [-0.25, -0.2) is 4.98 Å². The number of aromatic nitrogens is 2. The number of carbonyl (C=O) groups excluding carboxylic acids is 1. The van der Waals surface area contributed by atoms with Gasteiger partial charge in [-0.15, -0.1) is 0 Å². The second kappa shape index (κ2) is 7.64. The van der Waals surface area contributed by atoms with Gasteiger partial charge in [0, 0.05) is 43.8 Å². The molecule has 0 N–H and O–H groups in total. The molecule has 2 aromatic carbocycles. The van der Waals surface area contributed by atoms with Gasteiger partial charge in [-0.3, -0.25) is 9.69 Å². The van der Waals surface area contributed by atoms with E-state index in [1.807, 2.05) is 15.7 Å². The standard InChI is InChI=1S/C24H28N4O/c1-2-18-10-11-19-6-3-4-9-21(19)23(18)28-16-22(25-17-28)24(29)27-14-12-26(13-15-27)20-7-5-8-20/h3-4,6,9-11,16-17,20H,2,5,7-8,12-15H2,1H3. The number of carbonyl (C=O) groups is 1. The number of amides is 1. The fourth-order valence-electron chi connectivity index (χ4n) is 4.65. The fraction of sp³-hybridized carbons (Fsp3) is 0.417. The van der Waals surface area contributed by atoms with Gasteiger partial charge < -0.3 is 9.47 Å². The molecule has 1 aliphatic carbocycles. The second-order valence-corrected chi connectivity index (χ2v) is 8.23. The Morgan fingerprint density at radius 2 is 1.86 bits per heavy atom. The van der Waals surface area contributed by atoms with E-state index in [1.54, 1.807) is 6.33 Å². The van der Waals surface area contributed by atoms with Crippen molar-refractivity contribution in [3.8, 4) is 5.69 Å². The highest BCUT2D eigenvalue weighted by Gasteiger charge is 2.30. The molecule has 0 spiro atoms. The maximum Gasteiger partial charge on any atom is 0.274 e. The molecule has 1 aliphatic heterocycles. The van der Waals surface area contributed by atoms with Crippen LogP contribution in [-0.2, 0) is 6.42 Å². The van der Waals surface area contributed by atoms with Gasteiger partial charge in [0.25, 0.3) is 5.91 Å². The fourth-order valence-corrected chi connectivity index (χ4v) is 4.65. The van der Waals surface area contributed by atoms with E-state index in [0.717, 1.165) is 44.3 Å². The molecule has 1 saturated carbocycles. The van der Waals surface area contributed by atoms with Gasteiger partial charge in [0.1, 0.15) is 12.0 Å². The quantitative estimate of drug-likeness (QED) is 0.681. The maximum atomic E-state index is 13.1. The van der Waals surface area contributed by atoms with Crippen molar-refractivity contribution in [2.24, 2.45) is 0 Å². The minimum atomic E-state index is 0.0512. The van der Waals surface area contributed by atoms with Gasteiger partial charge in [-0.1, -0.05) is 49.7 Å². The maximum absolute atomic E-state index is 13.1. The molecule has 0 unspecified atom stereocenters. The van der Waals surface area contributed by atoms with E-state index in [2.05, 4.69) is 53.2 Å². The zero-order valence-corrected chi connectivity index (χ0v) is 17.1. The van der Waals surface area contributed by atoms with Gasteiger partial charge in [0.05, 0.1) is 5.69 Å². The molecule has 150 valence electrons. The highest BCUT2D eigenvalue weighted by molar-refractivity contribution is 5.94. The number of hydrogen-bond acceptors (Lipinski definition) is 3. The lowest BCUT2D eigenvalue weighted by Gasteiger charge is -2.42. The third-order valence-electron chi connectivity index (χ3n) is 6.62. The number of aryl methyl sites for hydroxylation is 1. The molecule has 2 aliphatic rings. The normalized spacial score (nSPS) is 18.2. The Hall–Kier alpha value is -2.66. The average Bonchev–Trinajstić information content (AvgIpc) is 3.21. The van der Waals surface area contributed by atoms with Crippen molar-refractivity contribution in [1.82, 2.24) is 19.4 Å². The predicted molar refractivity (Wildman–Crippen MR) is 116 cm³/mol. The van der Waals surface area contributed by atoms with Gasteiger partial charge >= 0.3 is 0 Å². The molecule has 2 fully saturated rings. The first kappa shape index (κ1) is 18.4. The van der Waals surface area contributed by atoms with Crippen molar-refractivity contribution in [3.05, 3.63) is 60.2 Å². The Labute approximate surface area is 171 Å². The summed E-state index contributed by atoms with van der Waals surface area (Å²) in [6, 6.07) is 13.5. The van der Waals surface area contributed by atoms with Crippen molar-refractivity contribution >= 4 is 16.7 Å². The van der Waals surface area contributed by atoms with Gasteiger partial charge in [-0.05, 0) is 30.2 Å². The van der Waals surface area contributed by atoms with Crippen LogP contribution < -0.4 is 0 Å². The molecule has 5 rings (SSSR count). The van der Waals surface area contributed by atoms with Crippen molar-refractivity contribution < 1.29 is 4.79 Å². The van der Waals surface area contributed by atoms with Crippen LogP contribution in [0.5, 0.6) is 0 Å². The van der Waals surface area contributed by atoms with E-state index in [4.69, 9.17) is 0 Å². The summed E-state index contributed by atoms with van der Waals surface area (Å²) in [6.45, 7) is 5.74. The Bertz CT molecular complexity index is 1030. The van der Waals surface area contributed by atoms with Crippen LogP contribution in [0.15, 0.2) is 48.9 Å². The van der Waals surface area contributed by atoms with Crippen LogP contribution in [-0.4, -0.2) is 57.5 Å². The van der Waals surface area contributed by atoms with Gasteiger partial charge in [0.15, 0.2) is 0 Å². The summed E-state index contributed by atoms with van der Waals surface area (Å²) in [7, 11) is 0. The number of nitrogens with zero attached hydrogens (tertiary/aromatic N) is 4. The highest BCUT2D eigenvalue weighted by atomic mass is 16.2. The number of fused-ring (bicyclic) bond motifs is 1. The van der Waals surface area contributed by atoms with Crippen LogP contribution in [0.3, 0.4) is 0 Å². The van der Waals surface area contributed by atoms with E-state index in [-0.39, 0.29) is 5.91 Å². The summed E-state index contributed by atoms with van der Waals surface area (Å²) in [6.07, 6.45) is 8.63. The van der Waals surface area contributed by atoms with Crippen molar-refractivity contribution in [2.75, 3.05) is 26.2 Å². The molecule has 1 amide bonds. The van der Waals surface area contributed by atoms with Crippen molar-refractivity contribution in [3.63, 3.8) is 0 Å². The summed E-state index contributed by atoms with van der Waals surface area (Å²) in [5, 5.41) is 2.39. The predicted octanol–water partition coefficient (Wildman–Crippen LogP) is 3.90. The lowest BCUT2D eigenvalue weighted by Crippen LogP contribution is -2.53. The molecule has 0 radical (unpaired) electrons. The molecular weight excluding hydrogens is 360 g/mol. The Balaban J connectivity index is 1.38. The molecular formula is C24H28N4O. The Morgan fingerprint density at radius 1 is 1.07 bits per heavy atom. The number of rotatable bonds is 4. The molecule has 3 aromatic rings. The van der Waals surface area contributed by atoms with E-state index in [1.165, 1.54) is 35.6 Å². The molecule has 5 nitrogen and oxygen atoms in total. The number of imidazole rings is 1. The number of hydrogen-bond donors (Lipinski definition) is 0. The molecule has 0 bridgehead atoms. The van der Waals surface area contributed by atoms with Crippen molar-refractivity contribution in [1.29, 1.82) is 0 Å². The summed E-state index contributed by atoms with van der Waals surface area (Å²) in [5.74, 6) is 0.0512. The Morgan fingerprint density at radius 3 is 2.59 bits per heavy atom. The topological polar surface area (TPSA) is 41.4 Å². The van der Waals surface area contributed by atoms with Crippen molar-refractivity contribution in [2.45, 2.75) is 38.6 Å². The van der Waals surface area contributed by atoms with Crippen LogP contribution in [0.4, 0.5) is 0 Å². The zero-order valence-electron chi connectivity index (χ0n) is 17.1. The molecule has 29 heavy (non-hydrogen) atoms. The molecule has 2 heterocycles. The lowest BCUT2D eigenvalue weighted by molar-refractivity contribution is 0.0451. The molecule has 0 atom stereocenters. The second-order valence-electron chi connectivity index (χ2n) is 8.23. The van der Waals surface area contributed by atoms with E-state index in [9.17, 15) is 4.79 Å². The van der Waals surface area contributed by atoms with Crippen LogP contribution in [0.25, 0.3) is 16.5 Å². The van der Waals surface area contributed by atoms with Crippen LogP contribution in [0, 0.1) is 0 Å². The monoisotopic (exact) mass is 388 g/mol. The summed E-state index contributed by atoms with van der Waals surface area (Å²) < 4.78 is 2.03. The minimum absolute atomic E-state index is 0.0512. The van der Waals surface area contributed by atoms with Crippen LogP contribution in [0.1, 0.15) is 42.2 Å². The molecule has 5 heteroatoms. The highest BCUT2D eigenvalue weighted by Crippen LogP contribution is 2.28. The summed E-state index contributed by atoms with van der Waals surface area (Å²) >= 11 is 0. The third-order valence-corrected chi connectivity index (χ3v) is 6.62. The van der Waals surface area contributed by atoms with E-state index in [0.29, 0.717) is 5.69 Å². The lowest BCUT2D eigenvalue weighted by atomic mass is 9.91. The van der Waals surface area contributed by atoms with Gasteiger partial charge in [-0.2, -0.15) is 0 Å². The minimum Gasteiger partial charge on any atom is -0.335 e. The third kappa shape index (κ3) is 3.33. The zero-order chi connectivity index (χ0) is 19.8. The van der Waals surface area contributed by atoms with Crippen LogP contribution in [0.2, 0.25) is 0 Å². The first-order valence-corrected chi connectivity index (χ1v) is 10.8.